The van der Waals surface area contributed by atoms with Crippen molar-refractivity contribution in [2.24, 2.45) is 0 Å². The smallest absolute Gasteiger partial charge is 0.237 e. The van der Waals surface area contributed by atoms with Gasteiger partial charge in [0.25, 0.3) is 0 Å². The summed E-state index contributed by atoms with van der Waals surface area (Å²) in [6.45, 7) is 0.251. The number of aromatic amines is 1. The number of amides is 1. The highest BCUT2D eigenvalue weighted by atomic mass is 16.5. The molecule has 1 aromatic heterocycles. The molecule has 7 nitrogen and oxygen atoms in total. The topological polar surface area (TPSA) is 84.6 Å². The summed E-state index contributed by atoms with van der Waals surface area (Å²) in [5.41, 5.74) is 7.41. The van der Waals surface area contributed by atoms with Gasteiger partial charge in [0.1, 0.15) is 17.2 Å². The van der Waals surface area contributed by atoms with Crippen LogP contribution in [0.15, 0.2) is 91.0 Å². The first-order valence-electron chi connectivity index (χ1n) is 14.3. The van der Waals surface area contributed by atoms with Crippen LogP contribution in [0.25, 0.3) is 23.1 Å². The number of carbonyl (C=O) groups is 1. The van der Waals surface area contributed by atoms with Gasteiger partial charge < -0.3 is 24.5 Å². The van der Waals surface area contributed by atoms with E-state index in [2.05, 4.69) is 76.3 Å². The van der Waals surface area contributed by atoms with Crippen LogP contribution in [-0.2, 0) is 17.8 Å². The highest BCUT2D eigenvalue weighted by molar-refractivity contribution is 5.88. The number of methoxy groups -OCH3 is 3. The van der Waals surface area contributed by atoms with Gasteiger partial charge >= 0.3 is 0 Å². The van der Waals surface area contributed by atoms with Gasteiger partial charge in [0.15, 0.2) is 0 Å². The van der Waals surface area contributed by atoms with Crippen LogP contribution in [0.5, 0.6) is 17.2 Å². The molecule has 0 bridgehead atoms. The third-order valence-electron chi connectivity index (χ3n) is 8.02. The number of H-pyrrole nitrogens is 1. The standard InChI is InChI=1S/C36H35N3O4/c1-41-26-19-32(42-2)29(33(20-26)43-3)22-37-36(40)31-21-28-27-11-7-8-12-30(27)38-35(28)34(39-31)25-17-15-24(16-18-25)14-13-23-9-5-4-6-10-23/h4-20,31,34,38-39H,21-22H2,1-3H3,(H,37,40)/b14-13+/t31-,34-/m1/s1. The number of aromatic nitrogens is 1. The van der Waals surface area contributed by atoms with Gasteiger partial charge in [-0.05, 0) is 34.7 Å². The highest BCUT2D eigenvalue weighted by Crippen LogP contribution is 2.36. The zero-order valence-electron chi connectivity index (χ0n) is 24.5. The number of rotatable bonds is 9. The van der Waals surface area contributed by atoms with Gasteiger partial charge in [0, 0.05) is 28.7 Å². The number of para-hydroxylation sites is 1. The molecular formula is C36H35N3O4. The fraction of sp³-hybridized carbons (Fsp3) is 0.194. The Balaban J connectivity index is 1.26. The SMILES string of the molecule is COc1cc(OC)c(CNC(=O)[C@H]2Cc3c([nH]c4ccccc34)[C@@H](c3ccc(/C=C/c4ccccc4)cc3)N2)c(OC)c1. The highest BCUT2D eigenvalue weighted by Gasteiger charge is 2.34. The van der Waals surface area contributed by atoms with Crippen LogP contribution in [0.4, 0.5) is 0 Å². The van der Waals surface area contributed by atoms with Crippen LogP contribution in [0, 0.1) is 0 Å². The Bertz CT molecular complexity index is 1730. The molecule has 0 unspecified atom stereocenters. The molecule has 2 heterocycles. The lowest BCUT2D eigenvalue weighted by Crippen LogP contribution is -2.49. The number of ether oxygens (including phenoxy) is 3. The monoisotopic (exact) mass is 573 g/mol. The van der Waals surface area contributed by atoms with E-state index in [1.54, 1.807) is 33.5 Å². The fourth-order valence-electron chi connectivity index (χ4n) is 5.77. The molecule has 0 saturated carbocycles. The van der Waals surface area contributed by atoms with E-state index >= 15 is 0 Å². The minimum absolute atomic E-state index is 0.0942. The summed E-state index contributed by atoms with van der Waals surface area (Å²) >= 11 is 0. The van der Waals surface area contributed by atoms with E-state index in [1.165, 1.54) is 0 Å². The number of fused-ring (bicyclic) bond motifs is 3. The van der Waals surface area contributed by atoms with Gasteiger partial charge in [-0.15, -0.1) is 0 Å². The fourth-order valence-corrected chi connectivity index (χ4v) is 5.77. The zero-order chi connectivity index (χ0) is 29.8. The number of hydrogen-bond donors (Lipinski definition) is 3. The van der Waals surface area contributed by atoms with Crippen molar-refractivity contribution >= 4 is 29.0 Å². The Morgan fingerprint density at radius 2 is 1.49 bits per heavy atom. The van der Waals surface area contributed by atoms with E-state index in [-0.39, 0.29) is 18.5 Å². The minimum Gasteiger partial charge on any atom is -0.496 e. The molecule has 0 aliphatic carbocycles. The summed E-state index contributed by atoms with van der Waals surface area (Å²) in [7, 11) is 4.77. The predicted molar refractivity (Wildman–Crippen MR) is 171 cm³/mol. The van der Waals surface area contributed by atoms with Gasteiger partial charge in [-0.3, -0.25) is 10.1 Å². The number of hydrogen-bond acceptors (Lipinski definition) is 5. The molecule has 1 aliphatic rings. The maximum Gasteiger partial charge on any atom is 0.237 e. The van der Waals surface area contributed by atoms with Crippen molar-refractivity contribution in [2.45, 2.75) is 25.0 Å². The maximum atomic E-state index is 13.7. The Morgan fingerprint density at radius 3 is 2.16 bits per heavy atom. The minimum atomic E-state index is -0.440. The quantitative estimate of drug-likeness (QED) is 0.181. The van der Waals surface area contributed by atoms with Crippen LogP contribution < -0.4 is 24.8 Å². The van der Waals surface area contributed by atoms with Crippen LogP contribution in [0.2, 0.25) is 0 Å². The Hall–Kier alpha value is -5.01. The molecule has 0 saturated heterocycles. The van der Waals surface area contributed by atoms with E-state index in [0.717, 1.165) is 44.4 Å². The second kappa shape index (κ2) is 12.5. The van der Waals surface area contributed by atoms with E-state index in [0.29, 0.717) is 23.7 Å². The molecule has 43 heavy (non-hydrogen) atoms. The van der Waals surface area contributed by atoms with E-state index in [9.17, 15) is 4.79 Å². The summed E-state index contributed by atoms with van der Waals surface area (Å²) in [6.07, 6.45) is 4.78. The Morgan fingerprint density at radius 1 is 0.837 bits per heavy atom. The molecule has 5 aromatic rings. The van der Waals surface area contributed by atoms with Gasteiger partial charge in [0.2, 0.25) is 5.91 Å². The van der Waals surface area contributed by atoms with E-state index in [4.69, 9.17) is 14.2 Å². The molecule has 218 valence electrons. The molecule has 0 radical (unpaired) electrons. The molecular weight excluding hydrogens is 538 g/mol. The summed E-state index contributed by atoms with van der Waals surface area (Å²) in [4.78, 5) is 17.3. The molecule has 1 amide bonds. The lowest BCUT2D eigenvalue weighted by atomic mass is 9.89. The Labute approximate surface area is 251 Å². The number of benzene rings is 4. The van der Waals surface area contributed by atoms with Crippen molar-refractivity contribution < 1.29 is 19.0 Å². The third-order valence-corrected chi connectivity index (χ3v) is 8.02. The second-order valence-electron chi connectivity index (χ2n) is 10.6. The molecule has 0 fully saturated rings. The summed E-state index contributed by atoms with van der Waals surface area (Å²) < 4.78 is 16.5. The lowest BCUT2D eigenvalue weighted by molar-refractivity contribution is -0.123. The maximum absolute atomic E-state index is 13.7. The van der Waals surface area contributed by atoms with Crippen molar-refractivity contribution in [3.05, 3.63) is 125 Å². The first kappa shape index (κ1) is 28.1. The van der Waals surface area contributed by atoms with Gasteiger partial charge in [-0.25, -0.2) is 0 Å². The van der Waals surface area contributed by atoms with Gasteiger partial charge in [0.05, 0.1) is 45.5 Å². The summed E-state index contributed by atoms with van der Waals surface area (Å²) in [5.74, 6) is 1.70. The molecule has 4 aromatic carbocycles. The average molecular weight is 574 g/mol. The van der Waals surface area contributed by atoms with Crippen molar-refractivity contribution in [3.63, 3.8) is 0 Å². The second-order valence-corrected chi connectivity index (χ2v) is 10.6. The normalized spacial score (nSPS) is 16.2. The summed E-state index contributed by atoms with van der Waals surface area (Å²) in [5, 5.41) is 7.89. The Kier molecular flexibility index (Phi) is 8.16. The van der Waals surface area contributed by atoms with E-state index in [1.807, 2.05) is 30.3 Å². The molecule has 6 rings (SSSR count). The number of nitrogens with one attached hydrogen (secondary N) is 3. The molecule has 3 N–H and O–H groups in total. The predicted octanol–water partition coefficient (Wildman–Crippen LogP) is 6.28. The van der Waals surface area contributed by atoms with Crippen LogP contribution in [0.3, 0.4) is 0 Å². The first-order valence-corrected chi connectivity index (χ1v) is 14.3. The van der Waals surface area contributed by atoms with Crippen molar-refractivity contribution in [3.8, 4) is 17.2 Å². The zero-order valence-corrected chi connectivity index (χ0v) is 24.5. The average Bonchev–Trinajstić information content (AvgIpc) is 3.45. The summed E-state index contributed by atoms with van der Waals surface area (Å²) in [6, 6.07) is 30.0. The van der Waals surface area contributed by atoms with Crippen LogP contribution in [0.1, 0.15) is 39.6 Å². The number of carbonyl (C=O) groups excluding carboxylic acids is 1. The molecule has 2 atom stereocenters. The van der Waals surface area contributed by atoms with Gasteiger partial charge in [-0.2, -0.15) is 0 Å². The van der Waals surface area contributed by atoms with Crippen molar-refractivity contribution in [2.75, 3.05) is 21.3 Å². The third kappa shape index (κ3) is 5.85. The molecule has 7 heteroatoms. The molecule has 0 spiro atoms. The largest absolute Gasteiger partial charge is 0.496 e. The van der Waals surface area contributed by atoms with Crippen LogP contribution >= 0.6 is 0 Å². The van der Waals surface area contributed by atoms with Crippen LogP contribution in [-0.4, -0.2) is 38.3 Å². The first-order chi connectivity index (χ1) is 21.1. The van der Waals surface area contributed by atoms with Crippen molar-refractivity contribution in [1.82, 2.24) is 15.6 Å². The van der Waals surface area contributed by atoms with Crippen molar-refractivity contribution in [1.29, 1.82) is 0 Å². The lowest BCUT2D eigenvalue weighted by Gasteiger charge is -2.31. The molecule has 1 aliphatic heterocycles. The van der Waals surface area contributed by atoms with E-state index < -0.39 is 6.04 Å². The van der Waals surface area contributed by atoms with Gasteiger partial charge in [-0.1, -0.05) is 84.9 Å².